The molecule has 1 heterocycles. The van der Waals surface area contributed by atoms with Crippen molar-refractivity contribution in [2.75, 3.05) is 13.1 Å². The predicted molar refractivity (Wildman–Crippen MR) is 53.5 cm³/mol. The van der Waals surface area contributed by atoms with Gasteiger partial charge >= 0.3 is 0 Å². The lowest BCUT2D eigenvalue weighted by Gasteiger charge is -2.30. The first-order valence-electron chi connectivity index (χ1n) is 4.32. The Labute approximate surface area is 84.0 Å². The van der Waals surface area contributed by atoms with Crippen LogP contribution in [0.5, 0.6) is 0 Å². The molecule has 1 saturated heterocycles. The van der Waals surface area contributed by atoms with Crippen molar-refractivity contribution in [2.45, 2.75) is 13.0 Å². The lowest BCUT2D eigenvalue weighted by molar-refractivity contribution is 0.170. The maximum atomic E-state index is 13.1. The number of hydrogen-bond acceptors (Lipinski definition) is 1. The van der Waals surface area contributed by atoms with Crippen LogP contribution in [0.25, 0.3) is 0 Å². The maximum Gasteiger partial charge on any atom is 0.127 e. The Kier molecular flexibility index (Phi) is 3.70. The zero-order chi connectivity index (χ0) is 8.39. The fourth-order valence-electron chi connectivity index (χ4n) is 1.41. The summed E-state index contributed by atoms with van der Waals surface area (Å²) in [5.41, 5.74) is 0.817. The third kappa shape index (κ3) is 2.42. The lowest BCUT2D eigenvalue weighted by atomic mass is 10.1. The van der Waals surface area contributed by atoms with E-state index in [0.29, 0.717) is 0 Å². The monoisotopic (exact) mass is 201 g/mol. The molecule has 2 rings (SSSR count). The summed E-state index contributed by atoms with van der Waals surface area (Å²) in [4.78, 5) is 2.25. The lowest BCUT2D eigenvalue weighted by Crippen LogP contribution is -2.36. The minimum absolute atomic E-state index is 0. The van der Waals surface area contributed by atoms with Crippen LogP contribution in [0.1, 0.15) is 12.0 Å². The van der Waals surface area contributed by atoms with Crippen molar-refractivity contribution in [1.82, 2.24) is 4.90 Å². The highest BCUT2D eigenvalue weighted by molar-refractivity contribution is 5.85. The Bertz CT molecular complexity index is 273. The highest BCUT2D eigenvalue weighted by atomic mass is 35.5. The molecule has 0 saturated carbocycles. The van der Waals surface area contributed by atoms with Crippen molar-refractivity contribution >= 4 is 12.4 Å². The minimum Gasteiger partial charge on any atom is -0.299 e. The first kappa shape index (κ1) is 10.5. The molecule has 0 spiro atoms. The van der Waals surface area contributed by atoms with Crippen LogP contribution >= 0.6 is 12.4 Å². The molecule has 0 bridgehead atoms. The molecule has 1 aliphatic heterocycles. The van der Waals surface area contributed by atoms with Gasteiger partial charge in [0.25, 0.3) is 0 Å². The van der Waals surface area contributed by atoms with E-state index in [1.165, 1.54) is 12.5 Å². The molecule has 13 heavy (non-hydrogen) atoms. The summed E-state index contributed by atoms with van der Waals surface area (Å²) in [6.45, 7) is 3.01. The van der Waals surface area contributed by atoms with Crippen molar-refractivity contribution in [3.63, 3.8) is 0 Å². The van der Waals surface area contributed by atoms with Gasteiger partial charge in [0.05, 0.1) is 0 Å². The second-order valence-corrected chi connectivity index (χ2v) is 3.22. The summed E-state index contributed by atoms with van der Waals surface area (Å²) in [6, 6.07) is 7.00. The highest BCUT2D eigenvalue weighted by Gasteiger charge is 2.14. The normalized spacial score (nSPS) is 16.1. The van der Waals surface area contributed by atoms with Gasteiger partial charge in [0.1, 0.15) is 5.82 Å². The molecular weight excluding hydrogens is 189 g/mol. The Morgan fingerprint density at radius 1 is 1.23 bits per heavy atom. The van der Waals surface area contributed by atoms with Crippen LogP contribution < -0.4 is 0 Å². The van der Waals surface area contributed by atoms with E-state index in [-0.39, 0.29) is 18.2 Å². The van der Waals surface area contributed by atoms with Crippen LogP contribution in [0.3, 0.4) is 0 Å². The smallest absolute Gasteiger partial charge is 0.127 e. The maximum absolute atomic E-state index is 13.1. The first-order valence-corrected chi connectivity index (χ1v) is 4.32. The molecule has 1 aromatic carbocycles. The quantitative estimate of drug-likeness (QED) is 0.711. The topological polar surface area (TPSA) is 3.24 Å². The number of likely N-dealkylation sites (tertiary alicyclic amines) is 1. The Morgan fingerprint density at radius 2 is 1.92 bits per heavy atom. The van der Waals surface area contributed by atoms with Crippen LogP contribution in [-0.2, 0) is 6.54 Å². The molecule has 0 amide bonds. The van der Waals surface area contributed by atoms with Gasteiger partial charge in [0.15, 0.2) is 0 Å². The van der Waals surface area contributed by atoms with Crippen molar-refractivity contribution in [3.8, 4) is 0 Å². The molecule has 1 aromatic rings. The molecule has 72 valence electrons. The van der Waals surface area contributed by atoms with Gasteiger partial charge < -0.3 is 0 Å². The summed E-state index contributed by atoms with van der Waals surface area (Å²) in [7, 11) is 0. The Balaban J connectivity index is 0.000000845. The molecule has 0 N–H and O–H groups in total. The summed E-state index contributed by atoms with van der Waals surface area (Å²) >= 11 is 0. The number of nitrogens with zero attached hydrogens (tertiary/aromatic N) is 1. The summed E-state index contributed by atoms with van der Waals surface area (Å²) < 4.78 is 13.1. The SMILES string of the molecule is Cl.Fc1ccccc1CN1CCC1. The van der Waals surface area contributed by atoms with E-state index < -0.39 is 0 Å². The van der Waals surface area contributed by atoms with Crippen LogP contribution in [-0.4, -0.2) is 18.0 Å². The second kappa shape index (κ2) is 4.58. The third-order valence-electron chi connectivity index (χ3n) is 2.30. The van der Waals surface area contributed by atoms with E-state index in [1.54, 1.807) is 6.07 Å². The van der Waals surface area contributed by atoms with Gasteiger partial charge in [-0.2, -0.15) is 0 Å². The fraction of sp³-hybridized carbons (Fsp3) is 0.400. The van der Waals surface area contributed by atoms with Gasteiger partial charge in [0, 0.05) is 12.1 Å². The molecule has 1 nitrogen and oxygen atoms in total. The van der Waals surface area contributed by atoms with Crippen LogP contribution in [0.4, 0.5) is 4.39 Å². The van der Waals surface area contributed by atoms with E-state index in [0.717, 1.165) is 25.2 Å². The van der Waals surface area contributed by atoms with Gasteiger partial charge in [-0.25, -0.2) is 4.39 Å². The van der Waals surface area contributed by atoms with Gasteiger partial charge in [-0.3, -0.25) is 4.90 Å². The summed E-state index contributed by atoms with van der Waals surface area (Å²) in [6.07, 6.45) is 1.26. The van der Waals surface area contributed by atoms with E-state index in [4.69, 9.17) is 0 Å². The largest absolute Gasteiger partial charge is 0.299 e. The van der Waals surface area contributed by atoms with E-state index >= 15 is 0 Å². The van der Waals surface area contributed by atoms with Crippen LogP contribution in [0.2, 0.25) is 0 Å². The van der Waals surface area contributed by atoms with E-state index in [2.05, 4.69) is 4.90 Å². The average Bonchev–Trinajstić information content (AvgIpc) is 2.00. The molecule has 1 aliphatic rings. The summed E-state index contributed by atoms with van der Waals surface area (Å²) in [5.74, 6) is -0.0793. The first-order chi connectivity index (χ1) is 5.86. The minimum atomic E-state index is -0.0793. The molecule has 0 aliphatic carbocycles. The fourth-order valence-corrected chi connectivity index (χ4v) is 1.41. The third-order valence-corrected chi connectivity index (χ3v) is 2.30. The molecule has 0 radical (unpaired) electrons. The highest BCUT2D eigenvalue weighted by Crippen LogP contribution is 2.14. The number of benzene rings is 1. The Hall–Kier alpha value is -0.600. The Morgan fingerprint density at radius 3 is 2.46 bits per heavy atom. The van der Waals surface area contributed by atoms with Gasteiger partial charge in [-0.15, -0.1) is 12.4 Å². The van der Waals surface area contributed by atoms with Crippen LogP contribution in [0, 0.1) is 5.82 Å². The molecule has 1 fully saturated rings. The van der Waals surface area contributed by atoms with Crippen LogP contribution in [0.15, 0.2) is 24.3 Å². The standard InChI is InChI=1S/C10H12FN.ClH/c11-10-5-2-1-4-9(10)8-12-6-3-7-12;/h1-2,4-5H,3,6-8H2;1H. The number of halogens is 2. The molecule has 0 unspecified atom stereocenters. The average molecular weight is 202 g/mol. The second-order valence-electron chi connectivity index (χ2n) is 3.22. The predicted octanol–water partition coefficient (Wildman–Crippen LogP) is 2.45. The van der Waals surface area contributed by atoms with Crippen molar-refractivity contribution in [2.24, 2.45) is 0 Å². The molecule has 3 heteroatoms. The zero-order valence-electron chi connectivity index (χ0n) is 7.37. The number of hydrogen-bond donors (Lipinski definition) is 0. The van der Waals surface area contributed by atoms with E-state index in [9.17, 15) is 4.39 Å². The van der Waals surface area contributed by atoms with Gasteiger partial charge in [0.2, 0.25) is 0 Å². The zero-order valence-corrected chi connectivity index (χ0v) is 8.19. The molecule has 0 atom stereocenters. The van der Waals surface area contributed by atoms with Gasteiger partial charge in [-0.1, -0.05) is 18.2 Å². The van der Waals surface area contributed by atoms with Crippen molar-refractivity contribution in [3.05, 3.63) is 35.6 Å². The summed E-state index contributed by atoms with van der Waals surface area (Å²) in [5, 5.41) is 0. The van der Waals surface area contributed by atoms with Gasteiger partial charge in [-0.05, 0) is 25.6 Å². The number of rotatable bonds is 2. The van der Waals surface area contributed by atoms with Crippen molar-refractivity contribution in [1.29, 1.82) is 0 Å². The van der Waals surface area contributed by atoms with Crippen molar-refractivity contribution < 1.29 is 4.39 Å². The molecular formula is C10H13ClFN. The molecule has 0 aromatic heterocycles. The van der Waals surface area contributed by atoms with E-state index in [1.807, 2.05) is 12.1 Å².